The Morgan fingerprint density at radius 2 is 2.11 bits per heavy atom. The maximum Gasteiger partial charge on any atom is 0.325 e. The Hall–Kier alpha value is -2.26. The van der Waals surface area contributed by atoms with E-state index in [4.69, 9.17) is 9.47 Å². The Kier molecular flexibility index (Phi) is 7.93. The zero-order chi connectivity index (χ0) is 19.8. The molecule has 8 nitrogen and oxygen atoms in total. The lowest BCUT2D eigenvalue weighted by molar-refractivity contribution is -0.149. The first-order chi connectivity index (χ1) is 13.0. The highest BCUT2D eigenvalue weighted by Crippen LogP contribution is 2.14. The van der Waals surface area contributed by atoms with E-state index in [1.54, 1.807) is 19.1 Å². The molecular formula is C18H22BrN3O5. The third kappa shape index (κ3) is 5.86. The van der Waals surface area contributed by atoms with Crippen LogP contribution < -0.4 is 5.56 Å². The monoisotopic (exact) mass is 439 g/mol. The van der Waals surface area contributed by atoms with Crippen LogP contribution in [0, 0.1) is 0 Å². The maximum atomic E-state index is 12.6. The molecule has 1 heterocycles. The van der Waals surface area contributed by atoms with Crippen molar-refractivity contribution in [2.45, 2.75) is 19.9 Å². The van der Waals surface area contributed by atoms with E-state index in [0.717, 1.165) is 4.47 Å². The number of amides is 1. The van der Waals surface area contributed by atoms with Crippen LogP contribution in [0.1, 0.15) is 13.3 Å². The summed E-state index contributed by atoms with van der Waals surface area (Å²) in [7, 11) is 1.52. The van der Waals surface area contributed by atoms with Crippen LogP contribution in [0.4, 0.5) is 0 Å². The van der Waals surface area contributed by atoms with Gasteiger partial charge in [0.15, 0.2) is 0 Å². The van der Waals surface area contributed by atoms with E-state index in [-0.39, 0.29) is 44.1 Å². The first-order valence-electron chi connectivity index (χ1n) is 8.53. The molecule has 0 unspecified atom stereocenters. The van der Waals surface area contributed by atoms with Gasteiger partial charge in [-0.1, -0.05) is 15.9 Å². The van der Waals surface area contributed by atoms with Crippen molar-refractivity contribution >= 4 is 38.7 Å². The highest BCUT2D eigenvalue weighted by molar-refractivity contribution is 9.10. The normalized spacial score (nSPS) is 10.8. The van der Waals surface area contributed by atoms with Gasteiger partial charge in [0.2, 0.25) is 5.91 Å². The molecule has 0 saturated carbocycles. The van der Waals surface area contributed by atoms with Gasteiger partial charge in [-0.05, 0) is 25.1 Å². The highest BCUT2D eigenvalue weighted by atomic mass is 79.9. The van der Waals surface area contributed by atoms with Gasteiger partial charge in [-0.15, -0.1) is 0 Å². The third-order valence-corrected chi connectivity index (χ3v) is 4.39. The van der Waals surface area contributed by atoms with Crippen LogP contribution in [0.25, 0.3) is 10.9 Å². The van der Waals surface area contributed by atoms with Gasteiger partial charge in [0.05, 0.1) is 30.4 Å². The summed E-state index contributed by atoms with van der Waals surface area (Å²) in [6.45, 7) is 2.55. The predicted octanol–water partition coefficient (Wildman–Crippen LogP) is 1.59. The van der Waals surface area contributed by atoms with Crippen LogP contribution in [0.15, 0.2) is 33.8 Å². The number of hydrogen-bond acceptors (Lipinski definition) is 6. The minimum Gasteiger partial charge on any atom is -0.465 e. The van der Waals surface area contributed by atoms with E-state index in [2.05, 4.69) is 20.9 Å². The standard InChI is InChI=1S/C18H22BrN3O5/c1-3-27-17(24)11-21(8-9-26-2)16(23)6-7-22-12-20-15-5-4-13(19)10-14(15)18(22)25/h4-5,10,12H,3,6-9,11H2,1-2H3. The van der Waals surface area contributed by atoms with E-state index in [1.807, 2.05) is 6.07 Å². The van der Waals surface area contributed by atoms with Gasteiger partial charge in [-0.2, -0.15) is 0 Å². The average Bonchev–Trinajstić information content (AvgIpc) is 2.65. The van der Waals surface area contributed by atoms with Crippen molar-refractivity contribution in [3.63, 3.8) is 0 Å². The largest absolute Gasteiger partial charge is 0.465 e. The second kappa shape index (κ2) is 10.2. The molecule has 0 bridgehead atoms. The Morgan fingerprint density at radius 1 is 1.33 bits per heavy atom. The van der Waals surface area contributed by atoms with Gasteiger partial charge >= 0.3 is 5.97 Å². The van der Waals surface area contributed by atoms with Crippen molar-refractivity contribution in [2.24, 2.45) is 0 Å². The number of carbonyl (C=O) groups excluding carboxylic acids is 2. The van der Waals surface area contributed by atoms with Crippen molar-refractivity contribution in [3.8, 4) is 0 Å². The summed E-state index contributed by atoms with van der Waals surface area (Å²) >= 11 is 3.34. The fraction of sp³-hybridized carbons (Fsp3) is 0.444. The highest BCUT2D eigenvalue weighted by Gasteiger charge is 2.18. The number of carbonyl (C=O) groups is 2. The van der Waals surface area contributed by atoms with Crippen LogP contribution >= 0.6 is 15.9 Å². The van der Waals surface area contributed by atoms with E-state index >= 15 is 0 Å². The molecule has 27 heavy (non-hydrogen) atoms. The number of nitrogens with zero attached hydrogens (tertiary/aromatic N) is 3. The summed E-state index contributed by atoms with van der Waals surface area (Å²) in [4.78, 5) is 42.4. The van der Waals surface area contributed by atoms with Gasteiger partial charge in [-0.3, -0.25) is 19.0 Å². The van der Waals surface area contributed by atoms with E-state index < -0.39 is 5.97 Å². The lowest BCUT2D eigenvalue weighted by atomic mass is 10.2. The maximum absolute atomic E-state index is 12.6. The van der Waals surface area contributed by atoms with Crippen molar-refractivity contribution in [1.29, 1.82) is 0 Å². The summed E-state index contributed by atoms with van der Waals surface area (Å²) in [5, 5.41) is 0.474. The number of hydrogen-bond donors (Lipinski definition) is 0. The van der Waals surface area contributed by atoms with E-state index in [1.165, 1.54) is 22.9 Å². The van der Waals surface area contributed by atoms with Crippen LogP contribution in [-0.2, 0) is 25.6 Å². The molecule has 0 spiro atoms. The first-order valence-corrected chi connectivity index (χ1v) is 9.32. The summed E-state index contributed by atoms with van der Waals surface area (Å²) < 4.78 is 12.1. The topological polar surface area (TPSA) is 90.7 Å². The molecule has 0 atom stereocenters. The zero-order valence-corrected chi connectivity index (χ0v) is 16.9. The lowest BCUT2D eigenvalue weighted by Crippen LogP contribution is -2.39. The molecule has 0 fully saturated rings. The van der Waals surface area contributed by atoms with Crippen LogP contribution in [0.5, 0.6) is 0 Å². The second-order valence-corrected chi connectivity index (χ2v) is 6.68. The number of ether oxygens (including phenoxy) is 2. The molecule has 1 amide bonds. The fourth-order valence-corrected chi connectivity index (χ4v) is 2.88. The van der Waals surface area contributed by atoms with Crippen molar-refractivity contribution in [2.75, 3.05) is 33.4 Å². The molecule has 2 rings (SSSR count). The number of rotatable bonds is 9. The fourth-order valence-electron chi connectivity index (χ4n) is 2.52. The summed E-state index contributed by atoms with van der Waals surface area (Å²) in [6.07, 6.45) is 1.49. The molecule has 1 aromatic carbocycles. The third-order valence-electron chi connectivity index (χ3n) is 3.90. The van der Waals surface area contributed by atoms with Crippen LogP contribution in [0.2, 0.25) is 0 Å². The van der Waals surface area contributed by atoms with Crippen molar-refractivity contribution < 1.29 is 19.1 Å². The molecule has 1 aromatic heterocycles. The predicted molar refractivity (Wildman–Crippen MR) is 103 cm³/mol. The summed E-state index contributed by atoms with van der Waals surface area (Å²) in [5.74, 6) is -0.738. The Bertz CT molecular complexity index is 868. The smallest absolute Gasteiger partial charge is 0.325 e. The van der Waals surface area contributed by atoms with Crippen molar-refractivity contribution in [1.82, 2.24) is 14.5 Å². The molecule has 0 saturated heterocycles. The van der Waals surface area contributed by atoms with Crippen LogP contribution in [0.3, 0.4) is 0 Å². The zero-order valence-electron chi connectivity index (χ0n) is 15.3. The van der Waals surface area contributed by atoms with E-state index in [0.29, 0.717) is 17.5 Å². The molecule has 0 N–H and O–H groups in total. The SMILES string of the molecule is CCOC(=O)CN(CCOC)C(=O)CCn1cnc2ccc(Br)cc2c1=O. The van der Waals surface area contributed by atoms with E-state index in [9.17, 15) is 14.4 Å². The molecule has 2 aromatic rings. The quantitative estimate of drug-likeness (QED) is 0.550. The average molecular weight is 440 g/mol. The number of aromatic nitrogens is 2. The second-order valence-electron chi connectivity index (χ2n) is 5.77. The van der Waals surface area contributed by atoms with Gasteiger partial charge in [-0.25, -0.2) is 4.98 Å². The van der Waals surface area contributed by atoms with Gasteiger partial charge in [0.1, 0.15) is 6.54 Å². The number of esters is 1. The Labute approximate surface area is 165 Å². The minimum atomic E-state index is -0.476. The van der Waals surface area contributed by atoms with Gasteiger partial charge in [0, 0.05) is 31.1 Å². The number of methoxy groups -OCH3 is 1. The number of fused-ring (bicyclic) bond motifs is 1. The molecule has 9 heteroatoms. The molecule has 0 aliphatic rings. The summed E-state index contributed by atoms with van der Waals surface area (Å²) in [5.41, 5.74) is 0.373. The lowest BCUT2D eigenvalue weighted by Gasteiger charge is -2.21. The molecular weight excluding hydrogens is 418 g/mol. The molecule has 0 radical (unpaired) electrons. The molecule has 0 aliphatic heterocycles. The van der Waals surface area contributed by atoms with Gasteiger partial charge < -0.3 is 14.4 Å². The first kappa shape index (κ1) is 21.0. The molecule has 0 aliphatic carbocycles. The Balaban J connectivity index is 2.09. The van der Waals surface area contributed by atoms with Gasteiger partial charge in [0.25, 0.3) is 5.56 Å². The number of benzene rings is 1. The molecule has 146 valence electrons. The van der Waals surface area contributed by atoms with Crippen molar-refractivity contribution in [3.05, 3.63) is 39.4 Å². The number of aryl methyl sites for hydroxylation is 1. The Morgan fingerprint density at radius 3 is 2.81 bits per heavy atom. The summed E-state index contributed by atoms with van der Waals surface area (Å²) in [6, 6.07) is 5.27. The number of halogens is 1. The minimum absolute atomic E-state index is 0.0597. The van der Waals surface area contributed by atoms with Crippen LogP contribution in [-0.4, -0.2) is 59.7 Å².